The zero-order chi connectivity index (χ0) is 10.6. The maximum atomic E-state index is 10.2. The SMILES string of the molecule is CCCC/C=C\C/C=C\CCC(=O)O. The molecule has 0 atom stereocenters. The van der Waals surface area contributed by atoms with Gasteiger partial charge in [0, 0.05) is 6.42 Å². The van der Waals surface area contributed by atoms with Crippen LogP contribution in [0.5, 0.6) is 0 Å². The van der Waals surface area contributed by atoms with Gasteiger partial charge in [0.25, 0.3) is 0 Å². The molecule has 0 saturated heterocycles. The van der Waals surface area contributed by atoms with Crippen LogP contribution in [-0.2, 0) is 4.79 Å². The van der Waals surface area contributed by atoms with Crippen LogP contribution in [0.25, 0.3) is 0 Å². The predicted octanol–water partition coefficient (Wildman–Crippen LogP) is 3.54. The van der Waals surface area contributed by atoms with E-state index in [1.807, 2.05) is 12.2 Å². The number of carbonyl (C=O) groups is 1. The summed E-state index contributed by atoms with van der Waals surface area (Å²) in [5.74, 6) is -0.729. The summed E-state index contributed by atoms with van der Waals surface area (Å²) in [5, 5.41) is 8.37. The Hall–Kier alpha value is -1.05. The summed E-state index contributed by atoms with van der Waals surface area (Å²) < 4.78 is 0. The van der Waals surface area contributed by atoms with Gasteiger partial charge in [-0.15, -0.1) is 0 Å². The van der Waals surface area contributed by atoms with Crippen LogP contribution in [0.1, 0.15) is 45.4 Å². The minimum atomic E-state index is -0.729. The Balaban J connectivity index is 3.25. The van der Waals surface area contributed by atoms with Crippen molar-refractivity contribution in [2.45, 2.75) is 45.4 Å². The van der Waals surface area contributed by atoms with Gasteiger partial charge in [-0.1, -0.05) is 44.1 Å². The van der Waals surface area contributed by atoms with Crippen molar-refractivity contribution in [1.82, 2.24) is 0 Å². The molecule has 2 nitrogen and oxygen atoms in total. The Morgan fingerprint density at radius 2 is 1.79 bits per heavy atom. The second-order valence-electron chi connectivity index (χ2n) is 3.25. The maximum Gasteiger partial charge on any atom is 0.303 e. The lowest BCUT2D eigenvalue weighted by molar-refractivity contribution is -0.136. The van der Waals surface area contributed by atoms with E-state index in [2.05, 4.69) is 19.1 Å². The molecule has 0 spiro atoms. The summed E-state index contributed by atoms with van der Waals surface area (Å²) in [6.45, 7) is 2.18. The largest absolute Gasteiger partial charge is 0.481 e. The molecule has 0 unspecified atom stereocenters. The minimum Gasteiger partial charge on any atom is -0.481 e. The van der Waals surface area contributed by atoms with Crippen LogP contribution in [0.3, 0.4) is 0 Å². The number of rotatable bonds is 8. The van der Waals surface area contributed by atoms with Gasteiger partial charge in [-0.05, 0) is 19.3 Å². The smallest absolute Gasteiger partial charge is 0.303 e. The van der Waals surface area contributed by atoms with Crippen LogP contribution in [0.15, 0.2) is 24.3 Å². The van der Waals surface area contributed by atoms with Crippen LogP contribution >= 0.6 is 0 Å². The van der Waals surface area contributed by atoms with Crippen LogP contribution in [0.2, 0.25) is 0 Å². The first-order chi connectivity index (χ1) is 6.77. The average molecular weight is 196 g/mol. The first-order valence-corrected chi connectivity index (χ1v) is 5.29. The summed E-state index contributed by atoms with van der Waals surface area (Å²) in [6, 6.07) is 0. The third-order valence-corrected chi connectivity index (χ3v) is 1.85. The fourth-order valence-corrected chi connectivity index (χ4v) is 1.04. The van der Waals surface area contributed by atoms with E-state index in [0.29, 0.717) is 6.42 Å². The first kappa shape index (κ1) is 12.9. The quantitative estimate of drug-likeness (QED) is 0.476. The van der Waals surface area contributed by atoms with Crippen LogP contribution in [0.4, 0.5) is 0 Å². The molecule has 0 aromatic rings. The number of carboxylic acid groups (broad SMARTS) is 1. The minimum absolute atomic E-state index is 0.232. The molecule has 0 aromatic carbocycles. The lowest BCUT2D eigenvalue weighted by Crippen LogP contribution is -1.91. The zero-order valence-corrected chi connectivity index (χ0v) is 8.91. The highest BCUT2D eigenvalue weighted by Crippen LogP contribution is 1.97. The highest BCUT2D eigenvalue weighted by molar-refractivity contribution is 5.66. The molecule has 0 aromatic heterocycles. The first-order valence-electron chi connectivity index (χ1n) is 5.29. The molecule has 0 saturated carbocycles. The highest BCUT2D eigenvalue weighted by Gasteiger charge is 1.90. The molecule has 0 amide bonds. The molecule has 14 heavy (non-hydrogen) atoms. The summed E-state index contributed by atoms with van der Waals surface area (Å²) in [4.78, 5) is 10.2. The van der Waals surface area contributed by atoms with Gasteiger partial charge in [0.05, 0.1) is 0 Å². The van der Waals surface area contributed by atoms with Gasteiger partial charge in [0.2, 0.25) is 0 Å². The van der Waals surface area contributed by atoms with Gasteiger partial charge < -0.3 is 5.11 Å². The molecular formula is C12H20O2. The van der Waals surface area contributed by atoms with Crippen molar-refractivity contribution in [2.24, 2.45) is 0 Å². The predicted molar refractivity (Wildman–Crippen MR) is 59.3 cm³/mol. The molecule has 0 radical (unpaired) electrons. The third kappa shape index (κ3) is 11.0. The molecule has 0 aliphatic carbocycles. The van der Waals surface area contributed by atoms with Crippen molar-refractivity contribution < 1.29 is 9.90 Å². The lowest BCUT2D eigenvalue weighted by atomic mass is 10.2. The van der Waals surface area contributed by atoms with E-state index >= 15 is 0 Å². The van der Waals surface area contributed by atoms with Gasteiger partial charge >= 0.3 is 5.97 Å². The van der Waals surface area contributed by atoms with Crippen molar-refractivity contribution in [3.63, 3.8) is 0 Å². The molecule has 0 heterocycles. The van der Waals surface area contributed by atoms with E-state index in [4.69, 9.17) is 5.11 Å². The third-order valence-electron chi connectivity index (χ3n) is 1.85. The molecule has 0 rings (SSSR count). The van der Waals surface area contributed by atoms with Crippen LogP contribution < -0.4 is 0 Å². The van der Waals surface area contributed by atoms with Gasteiger partial charge in [-0.25, -0.2) is 0 Å². The van der Waals surface area contributed by atoms with E-state index < -0.39 is 5.97 Å². The van der Waals surface area contributed by atoms with Gasteiger partial charge in [0.15, 0.2) is 0 Å². The van der Waals surface area contributed by atoms with Crippen molar-refractivity contribution in [3.8, 4) is 0 Å². The summed E-state index contributed by atoms with van der Waals surface area (Å²) in [6.07, 6.45) is 13.7. The van der Waals surface area contributed by atoms with Crippen molar-refractivity contribution in [2.75, 3.05) is 0 Å². The average Bonchev–Trinajstić information content (AvgIpc) is 2.15. The summed E-state index contributed by atoms with van der Waals surface area (Å²) in [7, 11) is 0. The van der Waals surface area contributed by atoms with E-state index in [0.717, 1.165) is 12.8 Å². The topological polar surface area (TPSA) is 37.3 Å². The molecule has 0 aliphatic heterocycles. The second kappa shape index (κ2) is 10.0. The Kier molecular flexibility index (Phi) is 9.28. The number of aliphatic carboxylic acids is 1. The van der Waals surface area contributed by atoms with Crippen molar-refractivity contribution >= 4 is 5.97 Å². The monoisotopic (exact) mass is 196 g/mol. The molecule has 0 fully saturated rings. The number of unbranched alkanes of at least 4 members (excludes halogenated alkanes) is 2. The van der Waals surface area contributed by atoms with Crippen LogP contribution in [-0.4, -0.2) is 11.1 Å². The van der Waals surface area contributed by atoms with E-state index in [1.165, 1.54) is 12.8 Å². The second-order valence-corrected chi connectivity index (χ2v) is 3.25. The molecule has 0 bridgehead atoms. The molecular weight excluding hydrogens is 176 g/mol. The van der Waals surface area contributed by atoms with E-state index in [9.17, 15) is 4.79 Å². The summed E-state index contributed by atoms with van der Waals surface area (Å²) in [5.41, 5.74) is 0. The number of allylic oxidation sites excluding steroid dienone is 4. The Bertz CT molecular complexity index is 192. The van der Waals surface area contributed by atoms with Gasteiger partial charge in [0.1, 0.15) is 0 Å². The fourth-order valence-electron chi connectivity index (χ4n) is 1.04. The maximum absolute atomic E-state index is 10.2. The highest BCUT2D eigenvalue weighted by atomic mass is 16.4. The van der Waals surface area contributed by atoms with Crippen LogP contribution in [0, 0.1) is 0 Å². The normalized spacial score (nSPS) is 11.5. The summed E-state index contributed by atoms with van der Waals surface area (Å²) >= 11 is 0. The Morgan fingerprint density at radius 3 is 2.36 bits per heavy atom. The molecule has 2 heteroatoms. The Morgan fingerprint density at radius 1 is 1.14 bits per heavy atom. The fraction of sp³-hybridized carbons (Fsp3) is 0.583. The molecule has 1 N–H and O–H groups in total. The van der Waals surface area contributed by atoms with Crippen molar-refractivity contribution in [1.29, 1.82) is 0 Å². The standard InChI is InChI=1S/C12H20O2/c1-2-3-4-5-6-7-8-9-10-11-12(13)14/h5-6,8-9H,2-4,7,10-11H2,1H3,(H,13,14)/b6-5-,9-8-. The lowest BCUT2D eigenvalue weighted by Gasteiger charge is -1.88. The molecule has 0 aliphatic rings. The number of carboxylic acids is 1. The number of hydrogen-bond donors (Lipinski definition) is 1. The number of hydrogen-bond acceptors (Lipinski definition) is 1. The Labute approximate surface area is 86.3 Å². The van der Waals surface area contributed by atoms with Crippen molar-refractivity contribution in [3.05, 3.63) is 24.3 Å². The van der Waals surface area contributed by atoms with Gasteiger partial charge in [-0.3, -0.25) is 4.79 Å². The zero-order valence-electron chi connectivity index (χ0n) is 8.91. The van der Waals surface area contributed by atoms with Gasteiger partial charge in [-0.2, -0.15) is 0 Å². The van der Waals surface area contributed by atoms with E-state index in [1.54, 1.807) is 0 Å². The molecule has 80 valence electrons. The van der Waals surface area contributed by atoms with E-state index in [-0.39, 0.29) is 6.42 Å².